The molecule has 0 bridgehead atoms. The number of aryl methyl sites for hydroxylation is 1. The number of hydrogen-bond acceptors (Lipinski definition) is 3. The highest BCUT2D eigenvalue weighted by Gasteiger charge is 2.34. The van der Waals surface area contributed by atoms with Crippen molar-refractivity contribution < 1.29 is 9.84 Å². The van der Waals surface area contributed by atoms with Crippen molar-refractivity contribution in [3.8, 4) is 11.5 Å². The summed E-state index contributed by atoms with van der Waals surface area (Å²) in [5.74, 6) is 0.726. The molecule has 88 valence electrons. The maximum atomic E-state index is 10.1. The van der Waals surface area contributed by atoms with E-state index in [1.807, 2.05) is 19.1 Å². The van der Waals surface area contributed by atoms with Crippen LogP contribution in [0.3, 0.4) is 0 Å². The van der Waals surface area contributed by atoms with E-state index < -0.39 is 0 Å². The molecule has 1 saturated carbocycles. The number of phenols is 1. The Balaban J connectivity index is 2.51. The van der Waals surface area contributed by atoms with Crippen LogP contribution in [0.15, 0.2) is 12.1 Å². The Bertz CT molecular complexity index is 395. The molecule has 0 unspecified atom stereocenters. The third kappa shape index (κ3) is 1.76. The van der Waals surface area contributed by atoms with Crippen molar-refractivity contribution in [3.63, 3.8) is 0 Å². The fourth-order valence-corrected chi connectivity index (χ4v) is 2.56. The van der Waals surface area contributed by atoms with Gasteiger partial charge >= 0.3 is 0 Å². The van der Waals surface area contributed by atoms with Gasteiger partial charge in [-0.2, -0.15) is 0 Å². The summed E-state index contributed by atoms with van der Waals surface area (Å²) in [6, 6.07) is 3.81. The number of nitrogens with two attached hydrogens (primary N) is 1. The second kappa shape index (κ2) is 3.98. The van der Waals surface area contributed by atoms with E-state index >= 15 is 0 Å². The van der Waals surface area contributed by atoms with Crippen molar-refractivity contribution in [1.82, 2.24) is 0 Å². The molecule has 0 amide bonds. The predicted molar refractivity (Wildman–Crippen MR) is 63.7 cm³/mol. The second-order valence-electron chi connectivity index (χ2n) is 4.73. The van der Waals surface area contributed by atoms with Crippen LogP contribution in [0.1, 0.15) is 36.8 Å². The number of aromatic hydroxyl groups is 1. The van der Waals surface area contributed by atoms with Crippen molar-refractivity contribution in [2.24, 2.45) is 5.73 Å². The first-order chi connectivity index (χ1) is 7.57. The number of benzene rings is 1. The number of hydrogen-bond donors (Lipinski definition) is 2. The molecule has 1 aliphatic rings. The largest absolute Gasteiger partial charge is 0.504 e. The van der Waals surface area contributed by atoms with E-state index in [0.717, 1.165) is 36.8 Å². The maximum absolute atomic E-state index is 10.1. The van der Waals surface area contributed by atoms with Crippen LogP contribution in [0.2, 0.25) is 0 Å². The molecule has 0 aliphatic heterocycles. The van der Waals surface area contributed by atoms with E-state index in [-0.39, 0.29) is 11.3 Å². The number of ether oxygens (including phenoxy) is 1. The number of methoxy groups -OCH3 is 1. The summed E-state index contributed by atoms with van der Waals surface area (Å²) in [7, 11) is 1.57. The zero-order valence-electron chi connectivity index (χ0n) is 9.92. The summed E-state index contributed by atoms with van der Waals surface area (Å²) in [6.45, 7) is 1.99. The van der Waals surface area contributed by atoms with Gasteiger partial charge in [0, 0.05) is 11.1 Å². The van der Waals surface area contributed by atoms with E-state index in [2.05, 4.69) is 0 Å². The molecule has 0 saturated heterocycles. The first-order valence-corrected chi connectivity index (χ1v) is 5.74. The van der Waals surface area contributed by atoms with Crippen LogP contribution in [0.25, 0.3) is 0 Å². The Morgan fingerprint density at radius 3 is 2.50 bits per heavy atom. The SMILES string of the molecule is COc1cc(C)cc(C2(N)CCCC2)c1O. The van der Waals surface area contributed by atoms with Crippen molar-refractivity contribution >= 4 is 0 Å². The van der Waals surface area contributed by atoms with Crippen LogP contribution >= 0.6 is 0 Å². The molecule has 3 nitrogen and oxygen atoms in total. The normalized spacial score (nSPS) is 18.7. The van der Waals surface area contributed by atoms with Gasteiger partial charge in [-0.1, -0.05) is 18.9 Å². The maximum Gasteiger partial charge on any atom is 0.162 e. The minimum Gasteiger partial charge on any atom is -0.504 e. The molecule has 16 heavy (non-hydrogen) atoms. The summed E-state index contributed by atoms with van der Waals surface area (Å²) in [4.78, 5) is 0. The smallest absolute Gasteiger partial charge is 0.162 e. The van der Waals surface area contributed by atoms with Crippen molar-refractivity contribution in [2.75, 3.05) is 7.11 Å². The van der Waals surface area contributed by atoms with Crippen LogP contribution in [-0.2, 0) is 5.54 Å². The first-order valence-electron chi connectivity index (χ1n) is 5.74. The van der Waals surface area contributed by atoms with Crippen LogP contribution < -0.4 is 10.5 Å². The molecule has 0 spiro atoms. The summed E-state index contributed by atoms with van der Waals surface area (Å²) >= 11 is 0. The van der Waals surface area contributed by atoms with Crippen molar-refractivity contribution in [1.29, 1.82) is 0 Å². The summed E-state index contributed by atoms with van der Waals surface area (Å²) in [5.41, 5.74) is 7.89. The second-order valence-corrected chi connectivity index (χ2v) is 4.73. The highest BCUT2D eigenvalue weighted by atomic mass is 16.5. The molecule has 0 atom stereocenters. The number of rotatable bonds is 2. The molecule has 0 heterocycles. The van der Waals surface area contributed by atoms with E-state index in [0.29, 0.717) is 5.75 Å². The predicted octanol–water partition coefficient (Wildman–Crippen LogP) is 2.44. The lowest BCUT2D eigenvalue weighted by atomic mass is 9.87. The minimum atomic E-state index is -0.372. The molecule has 2 rings (SSSR count). The van der Waals surface area contributed by atoms with E-state index in [1.54, 1.807) is 7.11 Å². The molecule has 3 heteroatoms. The standard InChI is InChI=1S/C13H19NO2/c1-9-7-10(12(15)11(8-9)16-2)13(14)5-3-4-6-13/h7-8,15H,3-6,14H2,1-2H3. The zero-order chi connectivity index (χ0) is 11.8. The molecular weight excluding hydrogens is 202 g/mol. The molecule has 1 fully saturated rings. The van der Waals surface area contributed by atoms with Gasteiger partial charge in [-0.3, -0.25) is 0 Å². The molecular formula is C13H19NO2. The monoisotopic (exact) mass is 221 g/mol. The fourth-order valence-electron chi connectivity index (χ4n) is 2.56. The molecule has 1 aliphatic carbocycles. The van der Waals surface area contributed by atoms with Crippen LogP contribution in [0, 0.1) is 6.92 Å². The van der Waals surface area contributed by atoms with Crippen LogP contribution in [0.4, 0.5) is 0 Å². The van der Waals surface area contributed by atoms with E-state index in [1.165, 1.54) is 0 Å². The summed E-state index contributed by atoms with van der Waals surface area (Å²) in [6.07, 6.45) is 4.14. The number of phenolic OH excluding ortho intramolecular Hbond substituents is 1. The molecule has 0 aromatic heterocycles. The Kier molecular flexibility index (Phi) is 2.80. The van der Waals surface area contributed by atoms with Gasteiger partial charge in [-0.15, -0.1) is 0 Å². The summed E-state index contributed by atoms with van der Waals surface area (Å²) < 4.78 is 5.17. The Morgan fingerprint density at radius 1 is 1.31 bits per heavy atom. The van der Waals surface area contributed by atoms with Crippen LogP contribution in [0.5, 0.6) is 11.5 Å². The third-order valence-corrected chi connectivity index (χ3v) is 3.47. The van der Waals surface area contributed by atoms with Crippen molar-refractivity contribution in [3.05, 3.63) is 23.3 Å². The Labute approximate surface area is 96.2 Å². The minimum absolute atomic E-state index is 0.206. The van der Waals surface area contributed by atoms with E-state index in [9.17, 15) is 5.11 Å². The molecule has 0 radical (unpaired) electrons. The average molecular weight is 221 g/mol. The van der Waals surface area contributed by atoms with Gasteiger partial charge in [0.1, 0.15) is 0 Å². The Morgan fingerprint density at radius 2 is 1.94 bits per heavy atom. The highest BCUT2D eigenvalue weighted by Crippen LogP contribution is 2.44. The third-order valence-electron chi connectivity index (χ3n) is 3.47. The van der Waals surface area contributed by atoms with Gasteiger partial charge in [0.25, 0.3) is 0 Å². The first kappa shape index (κ1) is 11.3. The molecule has 1 aromatic carbocycles. The van der Waals surface area contributed by atoms with Gasteiger partial charge < -0.3 is 15.6 Å². The topological polar surface area (TPSA) is 55.5 Å². The average Bonchev–Trinajstić information content (AvgIpc) is 2.69. The van der Waals surface area contributed by atoms with Gasteiger partial charge in [-0.25, -0.2) is 0 Å². The highest BCUT2D eigenvalue weighted by molar-refractivity contribution is 5.51. The lowest BCUT2D eigenvalue weighted by molar-refractivity contribution is 0.355. The quantitative estimate of drug-likeness (QED) is 0.806. The van der Waals surface area contributed by atoms with Gasteiger partial charge in [0.05, 0.1) is 7.11 Å². The van der Waals surface area contributed by atoms with Crippen LogP contribution in [-0.4, -0.2) is 12.2 Å². The fraction of sp³-hybridized carbons (Fsp3) is 0.538. The zero-order valence-corrected chi connectivity index (χ0v) is 9.92. The van der Waals surface area contributed by atoms with Crippen molar-refractivity contribution in [2.45, 2.75) is 38.1 Å². The summed E-state index contributed by atoms with van der Waals surface area (Å²) in [5, 5.41) is 10.1. The van der Waals surface area contributed by atoms with Gasteiger partial charge in [0.15, 0.2) is 11.5 Å². The van der Waals surface area contributed by atoms with Gasteiger partial charge in [0.2, 0.25) is 0 Å². The lowest BCUT2D eigenvalue weighted by Gasteiger charge is -2.26. The Hall–Kier alpha value is -1.22. The molecule has 3 N–H and O–H groups in total. The van der Waals surface area contributed by atoms with E-state index in [4.69, 9.17) is 10.5 Å². The van der Waals surface area contributed by atoms with Gasteiger partial charge in [-0.05, 0) is 31.4 Å². The molecule has 1 aromatic rings. The lowest BCUT2D eigenvalue weighted by Crippen LogP contribution is -2.33.